The zero-order chi connectivity index (χ0) is 12.3. The van der Waals surface area contributed by atoms with E-state index in [1.165, 1.54) is 19.3 Å². The molecule has 0 aromatic carbocycles. The monoisotopic (exact) mass is 235 g/mol. The molecule has 1 aromatic heterocycles. The summed E-state index contributed by atoms with van der Waals surface area (Å²) in [5, 5.41) is 3.52. The molecule has 1 saturated carbocycles. The van der Waals surface area contributed by atoms with Crippen molar-refractivity contribution in [3.05, 3.63) is 11.9 Å². The van der Waals surface area contributed by atoms with Gasteiger partial charge in [-0.15, -0.1) is 0 Å². The lowest BCUT2D eigenvalue weighted by Crippen LogP contribution is -2.19. The van der Waals surface area contributed by atoms with Crippen molar-refractivity contribution in [2.24, 2.45) is 11.8 Å². The molecule has 2 atom stereocenters. The van der Waals surface area contributed by atoms with Gasteiger partial charge in [-0.05, 0) is 31.6 Å². The van der Waals surface area contributed by atoms with Crippen LogP contribution in [0.5, 0.6) is 0 Å². The Bertz CT molecular complexity index is 379. The van der Waals surface area contributed by atoms with Crippen LogP contribution in [-0.2, 0) is 6.42 Å². The summed E-state index contributed by atoms with van der Waals surface area (Å²) >= 11 is 0. The number of nitrogen functional groups attached to an aromatic ring is 1. The smallest absolute Gasteiger partial charge is 0.148 e. The third kappa shape index (κ3) is 2.66. The second-order valence-corrected chi connectivity index (χ2v) is 4.81. The minimum absolute atomic E-state index is 0.538. The van der Waals surface area contributed by atoms with E-state index in [1.54, 1.807) is 6.33 Å². The molecule has 0 saturated heterocycles. The molecule has 1 aromatic rings. The van der Waals surface area contributed by atoms with Gasteiger partial charge in [-0.25, -0.2) is 15.8 Å². The largest absolute Gasteiger partial charge is 0.367 e. The number of aromatic nitrogens is 2. The predicted octanol–water partition coefficient (Wildman–Crippen LogP) is 1.93. The zero-order valence-corrected chi connectivity index (χ0v) is 10.5. The maximum absolute atomic E-state index is 5.46. The minimum atomic E-state index is 0.538. The van der Waals surface area contributed by atoms with Gasteiger partial charge in [0.05, 0.1) is 0 Å². The van der Waals surface area contributed by atoms with E-state index in [4.69, 9.17) is 5.84 Å². The first-order valence-corrected chi connectivity index (χ1v) is 6.31. The molecule has 1 aliphatic carbocycles. The van der Waals surface area contributed by atoms with Crippen LogP contribution in [-0.4, -0.2) is 16.0 Å². The maximum Gasteiger partial charge on any atom is 0.148 e. The second kappa shape index (κ2) is 5.31. The fourth-order valence-electron chi connectivity index (χ4n) is 2.53. The molecule has 5 nitrogen and oxygen atoms in total. The molecule has 1 fully saturated rings. The van der Waals surface area contributed by atoms with Crippen LogP contribution in [0.3, 0.4) is 0 Å². The number of nitrogens with two attached hydrogens (primary N) is 1. The minimum Gasteiger partial charge on any atom is -0.367 e. The first-order valence-electron chi connectivity index (χ1n) is 6.31. The lowest BCUT2D eigenvalue weighted by Gasteiger charge is -2.17. The van der Waals surface area contributed by atoms with Crippen LogP contribution in [0.4, 0.5) is 11.6 Å². The van der Waals surface area contributed by atoms with E-state index in [-0.39, 0.29) is 0 Å². The van der Waals surface area contributed by atoms with Crippen LogP contribution in [0.2, 0.25) is 0 Å². The van der Waals surface area contributed by atoms with Crippen LogP contribution in [0.1, 0.15) is 38.7 Å². The molecule has 0 spiro atoms. The fraction of sp³-hybridized carbons (Fsp3) is 0.667. The van der Waals surface area contributed by atoms with E-state index in [0.29, 0.717) is 6.04 Å². The van der Waals surface area contributed by atoms with Gasteiger partial charge in [0.2, 0.25) is 0 Å². The van der Waals surface area contributed by atoms with E-state index in [9.17, 15) is 0 Å². The molecular formula is C12H21N5. The summed E-state index contributed by atoms with van der Waals surface area (Å²) in [5.41, 5.74) is 3.69. The highest BCUT2D eigenvalue weighted by Gasteiger charge is 2.22. The summed E-state index contributed by atoms with van der Waals surface area (Å²) in [7, 11) is 0. The van der Waals surface area contributed by atoms with E-state index in [2.05, 4.69) is 34.6 Å². The fourth-order valence-corrected chi connectivity index (χ4v) is 2.53. The maximum atomic E-state index is 5.46. The van der Waals surface area contributed by atoms with Crippen LogP contribution in [0.25, 0.3) is 0 Å². The standard InChI is InChI=1S/C12H21N5/c1-3-10-11(14-7-15-12(10)17-13)16-9-5-4-8(2)6-9/h7-9H,3-6,13H2,1-2H3,(H2,14,15,16,17). The lowest BCUT2D eigenvalue weighted by molar-refractivity contribution is 0.602. The van der Waals surface area contributed by atoms with Crippen molar-refractivity contribution >= 4 is 11.6 Å². The summed E-state index contributed by atoms with van der Waals surface area (Å²) in [6.07, 6.45) is 6.16. The van der Waals surface area contributed by atoms with E-state index in [1.807, 2.05) is 0 Å². The Balaban J connectivity index is 2.14. The predicted molar refractivity (Wildman–Crippen MR) is 69.6 cm³/mol. The third-order valence-electron chi connectivity index (χ3n) is 3.47. The molecule has 0 radical (unpaired) electrons. The number of rotatable bonds is 4. The average Bonchev–Trinajstić information content (AvgIpc) is 2.74. The lowest BCUT2D eigenvalue weighted by atomic mass is 10.1. The number of hydrogen-bond donors (Lipinski definition) is 3. The van der Waals surface area contributed by atoms with Crippen LogP contribution < -0.4 is 16.6 Å². The average molecular weight is 235 g/mol. The molecule has 4 N–H and O–H groups in total. The van der Waals surface area contributed by atoms with Crippen molar-refractivity contribution in [3.63, 3.8) is 0 Å². The summed E-state index contributed by atoms with van der Waals surface area (Å²) in [4.78, 5) is 8.46. The van der Waals surface area contributed by atoms with Gasteiger partial charge in [-0.3, -0.25) is 0 Å². The Morgan fingerprint density at radius 3 is 2.71 bits per heavy atom. The molecule has 2 rings (SSSR count). The quantitative estimate of drug-likeness (QED) is 0.549. The number of hydrogen-bond acceptors (Lipinski definition) is 5. The van der Waals surface area contributed by atoms with Crippen molar-refractivity contribution in [2.75, 3.05) is 10.7 Å². The number of nitrogens with one attached hydrogen (secondary N) is 2. The number of anilines is 2. The molecule has 1 heterocycles. The van der Waals surface area contributed by atoms with Crippen molar-refractivity contribution in [1.82, 2.24) is 9.97 Å². The van der Waals surface area contributed by atoms with E-state index in [0.717, 1.165) is 29.5 Å². The second-order valence-electron chi connectivity index (χ2n) is 4.81. The number of hydrazine groups is 1. The SMILES string of the molecule is CCc1c(NN)ncnc1NC1CCC(C)C1. The summed E-state index contributed by atoms with van der Waals surface area (Å²) in [6, 6.07) is 0.538. The molecule has 0 amide bonds. The molecule has 94 valence electrons. The highest BCUT2D eigenvalue weighted by molar-refractivity contribution is 5.57. The summed E-state index contributed by atoms with van der Waals surface area (Å²) in [5.74, 6) is 7.91. The van der Waals surface area contributed by atoms with Crippen molar-refractivity contribution in [2.45, 2.75) is 45.6 Å². The summed E-state index contributed by atoms with van der Waals surface area (Å²) < 4.78 is 0. The molecular weight excluding hydrogens is 214 g/mol. The molecule has 5 heteroatoms. The Morgan fingerprint density at radius 1 is 1.35 bits per heavy atom. The Hall–Kier alpha value is -1.36. The van der Waals surface area contributed by atoms with Crippen LogP contribution >= 0.6 is 0 Å². The van der Waals surface area contributed by atoms with Gasteiger partial charge in [0.15, 0.2) is 0 Å². The summed E-state index contributed by atoms with van der Waals surface area (Å²) in [6.45, 7) is 4.39. The molecule has 17 heavy (non-hydrogen) atoms. The van der Waals surface area contributed by atoms with Gasteiger partial charge >= 0.3 is 0 Å². The van der Waals surface area contributed by atoms with Crippen molar-refractivity contribution in [3.8, 4) is 0 Å². The molecule has 2 unspecified atom stereocenters. The normalized spacial score (nSPS) is 23.7. The zero-order valence-electron chi connectivity index (χ0n) is 10.5. The van der Waals surface area contributed by atoms with Gasteiger partial charge in [0, 0.05) is 11.6 Å². The van der Waals surface area contributed by atoms with E-state index >= 15 is 0 Å². The van der Waals surface area contributed by atoms with Gasteiger partial charge in [0.1, 0.15) is 18.0 Å². The third-order valence-corrected chi connectivity index (χ3v) is 3.47. The Morgan fingerprint density at radius 2 is 2.12 bits per heavy atom. The Labute approximate surface area is 102 Å². The van der Waals surface area contributed by atoms with Gasteiger partial charge in [-0.1, -0.05) is 13.8 Å². The van der Waals surface area contributed by atoms with Gasteiger partial charge < -0.3 is 10.7 Å². The first-order chi connectivity index (χ1) is 8.24. The highest BCUT2D eigenvalue weighted by Crippen LogP contribution is 2.29. The van der Waals surface area contributed by atoms with Gasteiger partial charge in [-0.2, -0.15) is 0 Å². The first kappa shape index (κ1) is 12.1. The van der Waals surface area contributed by atoms with E-state index < -0.39 is 0 Å². The van der Waals surface area contributed by atoms with Crippen molar-refractivity contribution < 1.29 is 0 Å². The van der Waals surface area contributed by atoms with Crippen LogP contribution in [0.15, 0.2) is 6.33 Å². The molecule has 1 aliphatic rings. The van der Waals surface area contributed by atoms with Gasteiger partial charge in [0.25, 0.3) is 0 Å². The Kier molecular flexibility index (Phi) is 3.78. The van der Waals surface area contributed by atoms with Crippen molar-refractivity contribution in [1.29, 1.82) is 0 Å². The topological polar surface area (TPSA) is 75.9 Å². The molecule has 0 bridgehead atoms. The van der Waals surface area contributed by atoms with Crippen LogP contribution in [0, 0.1) is 5.92 Å². The molecule has 0 aliphatic heterocycles. The highest BCUT2D eigenvalue weighted by atomic mass is 15.3. The number of nitrogens with zero attached hydrogens (tertiary/aromatic N) is 2.